The van der Waals surface area contributed by atoms with Crippen molar-refractivity contribution < 1.29 is 9.47 Å². The Labute approximate surface area is 117 Å². The van der Waals surface area contributed by atoms with E-state index in [1.165, 1.54) is 0 Å². The first-order chi connectivity index (χ1) is 9.90. The number of aromatic nitrogens is 2. The van der Waals surface area contributed by atoms with Crippen molar-refractivity contribution >= 4 is 0 Å². The average Bonchev–Trinajstić information content (AvgIpc) is 3.15. The van der Waals surface area contributed by atoms with E-state index in [0.29, 0.717) is 6.61 Å². The van der Waals surface area contributed by atoms with Gasteiger partial charge in [0.25, 0.3) is 0 Å². The van der Waals surface area contributed by atoms with Gasteiger partial charge in [0.05, 0.1) is 18.8 Å². The van der Waals surface area contributed by atoms with Crippen LogP contribution in [0.25, 0.3) is 0 Å². The van der Waals surface area contributed by atoms with Crippen molar-refractivity contribution in [3.05, 3.63) is 53.6 Å². The van der Waals surface area contributed by atoms with Crippen LogP contribution in [-0.4, -0.2) is 22.4 Å². The van der Waals surface area contributed by atoms with Gasteiger partial charge < -0.3 is 19.4 Å². The van der Waals surface area contributed by atoms with Crippen LogP contribution in [-0.2, 0) is 29.2 Å². The van der Waals surface area contributed by atoms with Crippen LogP contribution >= 0.6 is 0 Å². The number of nitrogens with one attached hydrogen (secondary N) is 1. The van der Waals surface area contributed by atoms with Crippen LogP contribution in [0.2, 0.25) is 0 Å². The van der Waals surface area contributed by atoms with Gasteiger partial charge in [0, 0.05) is 19.3 Å². The molecule has 104 valence electrons. The smallest absolute Gasteiger partial charge is 0.191 e. The number of nitrogens with zero attached hydrogens (tertiary/aromatic N) is 2. The van der Waals surface area contributed by atoms with Crippen LogP contribution in [0.15, 0.2) is 36.5 Å². The maximum absolute atomic E-state index is 5.75. The van der Waals surface area contributed by atoms with E-state index >= 15 is 0 Å². The zero-order valence-electron chi connectivity index (χ0n) is 11.2. The molecule has 2 aromatic rings. The molecule has 2 unspecified atom stereocenters. The minimum absolute atomic E-state index is 0.00295. The summed E-state index contributed by atoms with van der Waals surface area (Å²) < 4.78 is 13.5. The highest BCUT2D eigenvalue weighted by Crippen LogP contribution is 2.39. The Morgan fingerprint density at radius 2 is 2.25 bits per heavy atom. The van der Waals surface area contributed by atoms with Gasteiger partial charge in [0.2, 0.25) is 0 Å². The molecule has 0 bridgehead atoms. The summed E-state index contributed by atoms with van der Waals surface area (Å²) in [6.07, 6.45) is 1.93. The number of rotatable bonds is 4. The first-order valence-corrected chi connectivity index (χ1v) is 6.98. The van der Waals surface area contributed by atoms with Gasteiger partial charge in [0.1, 0.15) is 5.82 Å². The predicted molar refractivity (Wildman–Crippen MR) is 72.8 cm³/mol. The van der Waals surface area contributed by atoms with Crippen molar-refractivity contribution in [1.82, 2.24) is 14.9 Å². The van der Waals surface area contributed by atoms with E-state index in [-0.39, 0.29) is 12.4 Å². The highest BCUT2D eigenvalue weighted by Gasteiger charge is 2.43. The van der Waals surface area contributed by atoms with Crippen LogP contribution in [0.5, 0.6) is 0 Å². The van der Waals surface area contributed by atoms with Crippen LogP contribution in [0.1, 0.15) is 23.2 Å². The number of hydrogen-bond donors (Lipinski definition) is 1. The Morgan fingerprint density at radius 1 is 1.35 bits per heavy atom. The Balaban J connectivity index is 1.37. The average molecular weight is 271 g/mol. The molecule has 0 aliphatic carbocycles. The standard InChI is InChI=1S/C15H17N3O2/c1-2-4-11(5-3-1)10-19-15-14(20-15)12-9-18-7-6-16-8-13(18)17-12/h1-5,9,14-16H,6-8,10H2. The summed E-state index contributed by atoms with van der Waals surface area (Å²) in [5.41, 5.74) is 2.15. The molecule has 2 aliphatic heterocycles. The molecule has 1 aromatic carbocycles. The molecule has 20 heavy (non-hydrogen) atoms. The van der Waals surface area contributed by atoms with Crippen molar-refractivity contribution in [2.75, 3.05) is 6.54 Å². The lowest BCUT2D eigenvalue weighted by Gasteiger charge is -2.13. The third-order valence-corrected chi connectivity index (χ3v) is 3.69. The minimum atomic E-state index is -0.153. The van der Waals surface area contributed by atoms with Gasteiger partial charge in [-0.2, -0.15) is 0 Å². The molecule has 0 radical (unpaired) electrons. The van der Waals surface area contributed by atoms with E-state index in [1.54, 1.807) is 0 Å². The number of fused-ring (bicyclic) bond motifs is 1. The van der Waals surface area contributed by atoms with E-state index in [1.807, 2.05) is 18.2 Å². The van der Waals surface area contributed by atoms with Gasteiger partial charge in [-0.05, 0) is 5.56 Å². The first-order valence-electron chi connectivity index (χ1n) is 6.98. The van der Waals surface area contributed by atoms with Crippen LogP contribution in [0.3, 0.4) is 0 Å². The Hall–Kier alpha value is -1.69. The lowest BCUT2D eigenvalue weighted by molar-refractivity contribution is 0.0385. The van der Waals surface area contributed by atoms with E-state index < -0.39 is 0 Å². The summed E-state index contributed by atoms with van der Waals surface area (Å²) in [7, 11) is 0. The Morgan fingerprint density at radius 3 is 3.10 bits per heavy atom. The third kappa shape index (κ3) is 2.35. The molecule has 1 aromatic heterocycles. The molecule has 1 N–H and O–H groups in total. The molecule has 5 heteroatoms. The summed E-state index contributed by atoms with van der Waals surface area (Å²) in [5, 5.41) is 3.32. The lowest BCUT2D eigenvalue weighted by Crippen LogP contribution is -2.27. The topological polar surface area (TPSA) is 51.6 Å². The molecule has 1 fully saturated rings. The molecule has 1 saturated heterocycles. The zero-order chi connectivity index (χ0) is 13.4. The minimum Gasteiger partial charge on any atom is -0.345 e. The largest absolute Gasteiger partial charge is 0.345 e. The molecule has 5 nitrogen and oxygen atoms in total. The molecule has 2 atom stereocenters. The fourth-order valence-electron chi connectivity index (χ4n) is 2.54. The molecule has 3 heterocycles. The number of hydrogen-bond acceptors (Lipinski definition) is 4. The van der Waals surface area contributed by atoms with E-state index in [4.69, 9.17) is 9.47 Å². The van der Waals surface area contributed by atoms with E-state index in [2.05, 4.69) is 33.2 Å². The van der Waals surface area contributed by atoms with Gasteiger partial charge in [-0.15, -0.1) is 0 Å². The highest BCUT2D eigenvalue weighted by molar-refractivity contribution is 5.15. The fourth-order valence-corrected chi connectivity index (χ4v) is 2.54. The van der Waals surface area contributed by atoms with Gasteiger partial charge >= 0.3 is 0 Å². The summed E-state index contributed by atoms with van der Waals surface area (Å²) in [4.78, 5) is 4.61. The first kappa shape index (κ1) is 12.1. The van der Waals surface area contributed by atoms with E-state index in [9.17, 15) is 0 Å². The SMILES string of the molecule is c1ccc(COC2OC2c2cn3c(n2)CNCC3)cc1. The summed E-state index contributed by atoms with van der Waals surface area (Å²) in [5.74, 6) is 1.09. The predicted octanol–water partition coefficient (Wildman–Crippen LogP) is 1.60. The monoisotopic (exact) mass is 271 g/mol. The molecule has 4 rings (SSSR count). The van der Waals surface area contributed by atoms with Crippen LogP contribution in [0.4, 0.5) is 0 Å². The summed E-state index contributed by atoms with van der Waals surface area (Å²) in [6, 6.07) is 10.1. The Bertz CT molecular complexity index is 573. The maximum atomic E-state index is 5.75. The number of benzene rings is 1. The zero-order valence-corrected chi connectivity index (χ0v) is 11.2. The highest BCUT2D eigenvalue weighted by atomic mass is 16.8. The van der Waals surface area contributed by atoms with Gasteiger partial charge in [-0.1, -0.05) is 30.3 Å². The number of imidazole rings is 1. The number of ether oxygens (including phenoxy) is 2. The molecular weight excluding hydrogens is 254 g/mol. The van der Waals surface area contributed by atoms with Crippen molar-refractivity contribution in [3.63, 3.8) is 0 Å². The number of epoxide rings is 1. The van der Waals surface area contributed by atoms with Gasteiger partial charge in [-0.3, -0.25) is 0 Å². The van der Waals surface area contributed by atoms with Crippen LogP contribution in [0, 0.1) is 0 Å². The fraction of sp³-hybridized carbons (Fsp3) is 0.400. The van der Waals surface area contributed by atoms with Crippen molar-refractivity contribution in [2.45, 2.75) is 32.1 Å². The molecule has 2 aliphatic rings. The third-order valence-electron chi connectivity index (χ3n) is 3.69. The van der Waals surface area contributed by atoms with Crippen LogP contribution < -0.4 is 5.32 Å². The molecular formula is C15H17N3O2. The lowest BCUT2D eigenvalue weighted by atomic mass is 10.2. The van der Waals surface area contributed by atoms with Crippen molar-refractivity contribution in [3.8, 4) is 0 Å². The normalized spacial score (nSPS) is 24.4. The quantitative estimate of drug-likeness (QED) is 0.858. The molecule has 0 saturated carbocycles. The summed E-state index contributed by atoms with van der Waals surface area (Å²) >= 11 is 0. The second-order valence-electron chi connectivity index (χ2n) is 5.17. The van der Waals surface area contributed by atoms with Crippen molar-refractivity contribution in [2.24, 2.45) is 0 Å². The second kappa shape index (κ2) is 5.01. The van der Waals surface area contributed by atoms with Crippen molar-refractivity contribution in [1.29, 1.82) is 0 Å². The van der Waals surface area contributed by atoms with Gasteiger partial charge in [0.15, 0.2) is 12.4 Å². The Kier molecular flexibility index (Phi) is 3.03. The molecule has 0 amide bonds. The maximum Gasteiger partial charge on any atom is 0.191 e. The van der Waals surface area contributed by atoms with E-state index in [0.717, 1.165) is 36.7 Å². The van der Waals surface area contributed by atoms with Gasteiger partial charge in [-0.25, -0.2) is 4.98 Å². The summed E-state index contributed by atoms with van der Waals surface area (Å²) in [6.45, 7) is 3.40. The molecule has 0 spiro atoms. The second-order valence-corrected chi connectivity index (χ2v) is 5.17.